The Bertz CT molecular complexity index is 902. The van der Waals surface area contributed by atoms with Gasteiger partial charge < -0.3 is 15.0 Å². The molecule has 0 atom stereocenters. The molecule has 0 saturated heterocycles. The van der Waals surface area contributed by atoms with Gasteiger partial charge >= 0.3 is 5.97 Å². The van der Waals surface area contributed by atoms with Crippen LogP contribution in [0.15, 0.2) is 24.3 Å². The number of carbonyl (C=O) groups excluding carboxylic acids is 2. The second kappa shape index (κ2) is 8.33. The van der Waals surface area contributed by atoms with Gasteiger partial charge in [0.25, 0.3) is 0 Å². The van der Waals surface area contributed by atoms with Gasteiger partial charge in [-0.1, -0.05) is 23.5 Å². The SMILES string of the molecule is CCOC(=O)c1sc(NC(=O)CSCc2nc3ccccc3[nH]2)nc1C. The molecule has 0 aliphatic heterocycles. The standard InChI is InChI=1S/C17H18N4O3S2/c1-3-24-16(23)15-10(2)18-17(26-15)21-14(22)9-25-8-13-19-11-6-4-5-7-12(11)20-13/h4-7H,3,8-9H2,1-2H3,(H,19,20)(H,18,21,22). The van der Waals surface area contributed by atoms with Crippen molar-refractivity contribution in [1.29, 1.82) is 0 Å². The molecule has 0 aliphatic rings. The van der Waals surface area contributed by atoms with E-state index >= 15 is 0 Å². The highest BCUT2D eigenvalue weighted by atomic mass is 32.2. The Labute approximate surface area is 158 Å². The zero-order valence-electron chi connectivity index (χ0n) is 14.4. The molecular formula is C17H18N4O3S2. The maximum Gasteiger partial charge on any atom is 0.350 e. The highest BCUT2D eigenvalue weighted by Gasteiger charge is 2.17. The monoisotopic (exact) mass is 390 g/mol. The first-order valence-corrected chi connectivity index (χ1v) is 9.99. The van der Waals surface area contributed by atoms with Crippen LogP contribution >= 0.6 is 23.1 Å². The molecule has 0 saturated carbocycles. The molecule has 0 fully saturated rings. The number of hydrogen-bond acceptors (Lipinski definition) is 7. The Morgan fingerprint density at radius 1 is 1.31 bits per heavy atom. The fourth-order valence-corrected chi connectivity index (χ4v) is 3.87. The van der Waals surface area contributed by atoms with Crippen LogP contribution in [0.5, 0.6) is 0 Å². The third-order valence-corrected chi connectivity index (χ3v) is 5.41. The second-order valence-corrected chi connectivity index (χ2v) is 7.38. The van der Waals surface area contributed by atoms with Crippen molar-refractivity contribution < 1.29 is 14.3 Å². The summed E-state index contributed by atoms with van der Waals surface area (Å²) in [6, 6.07) is 7.80. The number of aryl methyl sites for hydroxylation is 1. The minimum atomic E-state index is -0.415. The maximum atomic E-state index is 12.1. The number of rotatable bonds is 7. The number of carbonyl (C=O) groups is 2. The molecule has 3 rings (SSSR count). The lowest BCUT2D eigenvalue weighted by Gasteiger charge is -2.00. The minimum absolute atomic E-state index is 0.171. The number of thioether (sulfide) groups is 1. The van der Waals surface area contributed by atoms with Gasteiger partial charge in [-0.15, -0.1) is 11.8 Å². The van der Waals surface area contributed by atoms with Crippen LogP contribution in [0.2, 0.25) is 0 Å². The number of benzene rings is 1. The van der Waals surface area contributed by atoms with Crippen molar-refractivity contribution in [2.24, 2.45) is 0 Å². The molecule has 26 heavy (non-hydrogen) atoms. The lowest BCUT2D eigenvalue weighted by Crippen LogP contribution is -2.14. The Morgan fingerprint density at radius 3 is 2.88 bits per heavy atom. The smallest absolute Gasteiger partial charge is 0.350 e. The summed E-state index contributed by atoms with van der Waals surface area (Å²) >= 11 is 2.58. The van der Waals surface area contributed by atoms with Crippen LogP contribution in [0, 0.1) is 6.92 Å². The number of thiazole rings is 1. The summed E-state index contributed by atoms with van der Waals surface area (Å²) < 4.78 is 4.97. The van der Waals surface area contributed by atoms with Crippen LogP contribution in [0.3, 0.4) is 0 Å². The molecule has 2 aromatic heterocycles. The molecular weight excluding hydrogens is 372 g/mol. The van der Waals surface area contributed by atoms with Gasteiger partial charge in [0.2, 0.25) is 5.91 Å². The summed E-state index contributed by atoms with van der Waals surface area (Å²) in [6.07, 6.45) is 0. The summed E-state index contributed by atoms with van der Waals surface area (Å²) in [4.78, 5) is 36.2. The Morgan fingerprint density at radius 2 is 2.12 bits per heavy atom. The molecule has 0 radical (unpaired) electrons. The summed E-state index contributed by atoms with van der Waals surface area (Å²) in [5.74, 6) is 1.12. The van der Waals surface area contributed by atoms with Gasteiger partial charge in [-0.05, 0) is 26.0 Å². The molecule has 7 nitrogen and oxygen atoms in total. The number of para-hydroxylation sites is 2. The third kappa shape index (κ3) is 4.41. The fourth-order valence-electron chi connectivity index (χ4n) is 2.31. The Hall–Kier alpha value is -2.39. The molecule has 0 bridgehead atoms. The summed E-state index contributed by atoms with van der Waals surface area (Å²) in [5.41, 5.74) is 2.45. The number of amides is 1. The minimum Gasteiger partial charge on any atom is -0.462 e. The van der Waals surface area contributed by atoms with Gasteiger partial charge in [0.15, 0.2) is 5.13 Å². The largest absolute Gasteiger partial charge is 0.462 e. The number of nitrogens with one attached hydrogen (secondary N) is 2. The summed E-state index contributed by atoms with van der Waals surface area (Å²) in [5, 5.41) is 3.12. The lowest BCUT2D eigenvalue weighted by atomic mass is 10.3. The van der Waals surface area contributed by atoms with Crippen molar-refractivity contribution in [3.05, 3.63) is 40.7 Å². The van der Waals surface area contributed by atoms with E-state index in [9.17, 15) is 9.59 Å². The molecule has 9 heteroatoms. The van der Waals surface area contributed by atoms with Crippen LogP contribution in [0.25, 0.3) is 11.0 Å². The van der Waals surface area contributed by atoms with E-state index < -0.39 is 5.97 Å². The van der Waals surface area contributed by atoms with E-state index in [-0.39, 0.29) is 11.7 Å². The first-order chi connectivity index (χ1) is 12.6. The second-order valence-electron chi connectivity index (χ2n) is 5.40. The zero-order valence-corrected chi connectivity index (χ0v) is 16.0. The zero-order chi connectivity index (χ0) is 18.5. The molecule has 2 heterocycles. The van der Waals surface area contributed by atoms with Gasteiger partial charge in [0.1, 0.15) is 10.7 Å². The van der Waals surface area contributed by atoms with E-state index in [1.165, 1.54) is 11.8 Å². The van der Waals surface area contributed by atoms with E-state index in [0.29, 0.717) is 28.1 Å². The predicted octanol–water partition coefficient (Wildman–Crippen LogP) is 3.38. The highest BCUT2D eigenvalue weighted by molar-refractivity contribution is 7.99. The van der Waals surface area contributed by atoms with E-state index in [4.69, 9.17) is 4.74 Å². The molecule has 0 aliphatic carbocycles. The number of aromatic nitrogens is 3. The van der Waals surface area contributed by atoms with Crippen molar-refractivity contribution in [3.8, 4) is 0 Å². The molecule has 1 amide bonds. The fraction of sp³-hybridized carbons (Fsp3) is 0.294. The van der Waals surface area contributed by atoms with Gasteiger partial charge in [0, 0.05) is 0 Å². The number of hydrogen-bond donors (Lipinski definition) is 2. The Balaban J connectivity index is 1.51. The van der Waals surface area contributed by atoms with Crippen molar-refractivity contribution in [3.63, 3.8) is 0 Å². The average Bonchev–Trinajstić information content (AvgIpc) is 3.17. The predicted molar refractivity (Wildman–Crippen MR) is 104 cm³/mol. The van der Waals surface area contributed by atoms with Crippen LogP contribution in [-0.2, 0) is 15.3 Å². The normalized spacial score (nSPS) is 10.8. The number of imidazole rings is 1. The third-order valence-electron chi connectivity index (χ3n) is 3.41. The Kier molecular flexibility index (Phi) is 5.89. The molecule has 136 valence electrons. The van der Waals surface area contributed by atoms with Crippen LogP contribution in [0.4, 0.5) is 5.13 Å². The van der Waals surface area contributed by atoms with Gasteiger partial charge in [-0.2, -0.15) is 0 Å². The number of H-pyrrole nitrogens is 1. The molecule has 0 spiro atoms. The quantitative estimate of drug-likeness (QED) is 0.600. The molecule has 3 aromatic rings. The van der Waals surface area contributed by atoms with E-state index in [1.54, 1.807) is 13.8 Å². The number of ether oxygens (including phenoxy) is 1. The molecule has 2 N–H and O–H groups in total. The average molecular weight is 390 g/mol. The summed E-state index contributed by atoms with van der Waals surface area (Å²) in [6.45, 7) is 3.77. The topological polar surface area (TPSA) is 97.0 Å². The number of fused-ring (bicyclic) bond motifs is 1. The van der Waals surface area contributed by atoms with Crippen LogP contribution < -0.4 is 5.32 Å². The first kappa shape index (κ1) is 18.4. The van der Waals surface area contributed by atoms with Crippen molar-refractivity contribution >= 4 is 51.1 Å². The molecule has 0 unspecified atom stereocenters. The van der Waals surface area contributed by atoms with Gasteiger partial charge in [-0.3, -0.25) is 4.79 Å². The number of nitrogens with zero attached hydrogens (tertiary/aromatic N) is 2. The lowest BCUT2D eigenvalue weighted by molar-refractivity contribution is -0.113. The number of anilines is 1. The van der Waals surface area contributed by atoms with Crippen LogP contribution in [0.1, 0.15) is 28.1 Å². The highest BCUT2D eigenvalue weighted by Crippen LogP contribution is 2.24. The van der Waals surface area contributed by atoms with Crippen molar-refractivity contribution in [2.75, 3.05) is 17.7 Å². The van der Waals surface area contributed by atoms with Gasteiger partial charge in [-0.25, -0.2) is 14.8 Å². The van der Waals surface area contributed by atoms with Gasteiger partial charge in [0.05, 0.1) is 34.8 Å². The molecule has 1 aromatic carbocycles. The van der Waals surface area contributed by atoms with Crippen molar-refractivity contribution in [1.82, 2.24) is 15.0 Å². The van der Waals surface area contributed by atoms with Crippen LogP contribution in [-0.4, -0.2) is 39.2 Å². The number of aromatic amines is 1. The number of esters is 1. The van der Waals surface area contributed by atoms with E-state index in [2.05, 4.69) is 20.3 Å². The van der Waals surface area contributed by atoms with E-state index in [1.807, 2.05) is 24.3 Å². The first-order valence-electron chi connectivity index (χ1n) is 8.02. The van der Waals surface area contributed by atoms with E-state index in [0.717, 1.165) is 28.2 Å². The summed E-state index contributed by atoms with van der Waals surface area (Å²) in [7, 11) is 0. The maximum absolute atomic E-state index is 12.1. The van der Waals surface area contributed by atoms with Crippen molar-refractivity contribution in [2.45, 2.75) is 19.6 Å².